The molecule has 5 nitrogen and oxygen atoms in total. The lowest BCUT2D eigenvalue weighted by molar-refractivity contribution is 0.205. The van der Waals surface area contributed by atoms with E-state index in [1.807, 2.05) is 55.6 Å². The quantitative estimate of drug-likeness (QED) is 0.610. The van der Waals surface area contributed by atoms with Crippen molar-refractivity contribution in [1.29, 1.82) is 0 Å². The molecule has 5 heteroatoms. The average Bonchev–Trinajstić information content (AvgIpc) is 2.72. The number of ether oxygens (including phenoxy) is 1. The van der Waals surface area contributed by atoms with Gasteiger partial charge in [-0.3, -0.25) is 4.57 Å². The van der Waals surface area contributed by atoms with Crippen molar-refractivity contribution in [3.63, 3.8) is 0 Å². The standard InChI is InChI=1S/C23H27N3O2/c1-18-6-11-22-19(16-18)17-26(23(27)24-22)20-7-9-21(10-8-20)28-15-5-14-25-12-3-2-4-13-25/h6-11,16-17H,2-5,12-15H2,1H3. The predicted octanol–water partition coefficient (Wildman–Crippen LogP) is 3.95. The average molecular weight is 377 g/mol. The normalized spacial score (nSPS) is 15.0. The van der Waals surface area contributed by atoms with Crippen molar-refractivity contribution >= 4 is 10.9 Å². The van der Waals surface area contributed by atoms with Gasteiger partial charge in [-0.25, -0.2) is 4.79 Å². The molecule has 0 radical (unpaired) electrons. The summed E-state index contributed by atoms with van der Waals surface area (Å²) in [6.45, 7) is 6.31. The van der Waals surface area contributed by atoms with Crippen molar-refractivity contribution in [3.8, 4) is 11.4 Å². The van der Waals surface area contributed by atoms with Gasteiger partial charge < -0.3 is 9.64 Å². The minimum atomic E-state index is -0.272. The van der Waals surface area contributed by atoms with Crippen molar-refractivity contribution in [2.75, 3.05) is 26.2 Å². The molecule has 1 aliphatic heterocycles. The lowest BCUT2D eigenvalue weighted by Gasteiger charge is -2.26. The molecule has 0 unspecified atom stereocenters. The Hall–Kier alpha value is -2.66. The van der Waals surface area contributed by atoms with Crippen LogP contribution < -0.4 is 10.4 Å². The van der Waals surface area contributed by atoms with Crippen LogP contribution in [0.2, 0.25) is 0 Å². The number of aryl methyl sites for hydroxylation is 1. The fraction of sp³-hybridized carbons (Fsp3) is 0.391. The molecule has 0 bridgehead atoms. The maximum absolute atomic E-state index is 12.4. The Morgan fingerprint density at radius 3 is 2.61 bits per heavy atom. The van der Waals surface area contributed by atoms with E-state index in [0.29, 0.717) is 6.61 Å². The maximum atomic E-state index is 12.4. The highest BCUT2D eigenvalue weighted by Gasteiger charge is 2.09. The van der Waals surface area contributed by atoms with Gasteiger partial charge in [-0.1, -0.05) is 18.1 Å². The van der Waals surface area contributed by atoms with Crippen molar-refractivity contribution in [2.45, 2.75) is 32.6 Å². The number of likely N-dealkylation sites (tertiary alicyclic amines) is 1. The largest absolute Gasteiger partial charge is 0.494 e. The van der Waals surface area contributed by atoms with Gasteiger partial charge >= 0.3 is 5.69 Å². The zero-order chi connectivity index (χ0) is 19.3. The first-order valence-electron chi connectivity index (χ1n) is 10.1. The Morgan fingerprint density at radius 1 is 1.04 bits per heavy atom. The summed E-state index contributed by atoms with van der Waals surface area (Å²) in [5.41, 5.74) is 2.39. The molecule has 0 N–H and O–H groups in total. The number of aromatic nitrogens is 2. The number of hydrogen-bond donors (Lipinski definition) is 0. The van der Waals surface area contributed by atoms with E-state index >= 15 is 0 Å². The lowest BCUT2D eigenvalue weighted by atomic mass is 10.1. The zero-order valence-electron chi connectivity index (χ0n) is 16.4. The number of piperidine rings is 1. The number of hydrogen-bond acceptors (Lipinski definition) is 4. The molecule has 0 aliphatic carbocycles. The summed E-state index contributed by atoms with van der Waals surface area (Å²) in [7, 11) is 0. The van der Waals surface area contributed by atoms with E-state index < -0.39 is 0 Å². The number of benzene rings is 2. The van der Waals surface area contributed by atoms with Crippen LogP contribution in [0.4, 0.5) is 0 Å². The van der Waals surface area contributed by atoms with Crippen molar-refractivity contribution < 1.29 is 4.74 Å². The zero-order valence-corrected chi connectivity index (χ0v) is 16.4. The van der Waals surface area contributed by atoms with Gasteiger partial charge in [0.15, 0.2) is 0 Å². The Morgan fingerprint density at radius 2 is 1.82 bits per heavy atom. The van der Waals surface area contributed by atoms with Crippen molar-refractivity contribution in [2.24, 2.45) is 0 Å². The third-order valence-electron chi connectivity index (χ3n) is 5.32. The maximum Gasteiger partial charge on any atom is 0.352 e. The van der Waals surface area contributed by atoms with Crippen LogP contribution in [0.1, 0.15) is 31.2 Å². The lowest BCUT2D eigenvalue weighted by Crippen LogP contribution is -2.31. The van der Waals surface area contributed by atoms with Gasteiger partial charge in [-0.05, 0) is 75.7 Å². The Balaban J connectivity index is 1.39. The van der Waals surface area contributed by atoms with Gasteiger partial charge in [0.1, 0.15) is 5.75 Å². The van der Waals surface area contributed by atoms with Gasteiger partial charge in [-0.15, -0.1) is 0 Å². The minimum Gasteiger partial charge on any atom is -0.494 e. The molecule has 146 valence electrons. The molecule has 3 aromatic rings. The van der Waals surface area contributed by atoms with Crippen LogP contribution in [0.15, 0.2) is 53.5 Å². The first-order chi connectivity index (χ1) is 13.7. The van der Waals surface area contributed by atoms with Crippen LogP contribution >= 0.6 is 0 Å². The number of nitrogens with zero attached hydrogens (tertiary/aromatic N) is 3. The molecule has 0 atom stereocenters. The molecule has 1 saturated heterocycles. The monoisotopic (exact) mass is 377 g/mol. The molecular weight excluding hydrogens is 350 g/mol. The molecule has 0 spiro atoms. The summed E-state index contributed by atoms with van der Waals surface area (Å²) in [6, 6.07) is 13.5. The fourth-order valence-corrected chi connectivity index (χ4v) is 3.78. The Bertz CT molecular complexity index is 989. The van der Waals surface area contributed by atoms with Crippen LogP contribution in [0.3, 0.4) is 0 Å². The number of fused-ring (bicyclic) bond motifs is 1. The number of rotatable bonds is 6. The second kappa shape index (κ2) is 8.57. The molecular formula is C23H27N3O2. The summed E-state index contributed by atoms with van der Waals surface area (Å²) >= 11 is 0. The molecule has 4 rings (SSSR count). The second-order valence-corrected chi connectivity index (χ2v) is 7.55. The summed E-state index contributed by atoms with van der Waals surface area (Å²) < 4.78 is 7.46. The van der Waals surface area contributed by atoms with Gasteiger partial charge in [0.2, 0.25) is 0 Å². The van der Waals surface area contributed by atoms with Crippen molar-refractivity contribution in [3.05, 3.63) is 64.7 Å². The molecule has 2 aromatic carbocycles. The highest BCUT2D eigenvalue weighted by Crippen LogP contribution is 2.17. The fourth-order valence-electron chi connectivity index (χ4n) is 3.78. The van der Waals surface area contributed by atoms with Gasteiger partial charge in [-0.2, -0.15) is 4.98 Å². The third kappa shape index (κ3) is 4.42. The second-order valence-electron chi connectivity index (χ2n) is 7.55. The van der Waals surface area contributed by atoms with Gasteiger partial charge in [0.05, 0.1) is 17.8 Å². The SMILES string of the molecule is Cc1ccc2nc(=O)n(-c3ccc(OCCCN4CCCCC4)cc3)cc2c1. The summed E-state index contributed by atoms with van der Waals surface area (Å²) in [6.07, 6.45) is 6.91. The molecule has 0 saturated carbocycles. The van der Waals surface area contributed by atoms with Crippen LogP contribution in [-0.2, 0) is 0 Å². The smallest absolute Gasteiger partial charge is 0.352 e. The molecule has 0 amide bonds. The first-order valence-corrected chi connectivity index (χ1v) is 10.1. The van der Waals surface area contributed by atoms with E-state index in [1.54, 1.807) is 4.57 Å². The Labute approximate surface area is 165 Å². The van der Waals surface area contributed by atoms with Crippen LogP contribution in [0.5, 0.6) is 5.75 Å². The molecule has 1 aliphatic rings. The Kier molecular flexibility index (Phi) is 5.72. The predicted molar refractivity (Wildman–Crippen MR) is 112 cm³/mol. The van der Waals surface area contributed by atoms with Crippen LogP contribution in [-0.4, -0.2) is 40.7 Å². The first kappa shape index (κ1) is 18.7. The third-order valence-corrected chi connectivity index (χ3v) is 5.32. The topological polar surface area (TPSA) is 47.4 Å². The van der Waals surface area contributed by atoms with E-state index in [-0.39, 0.29) is 5.69 Å². The van der Waals surface area contributed by atoms with Crippen LogP contribution in [0, 0.1) is 6.92 Å². The van der Waals surface area contributed by atoms with E-state index in [9.17, 15) is 4.79 Å². The van der Waals surface area contributed by atoms with Crippen LogP contribution in [0.25, 0.3) is 16.6 Å². The molecule has 28 heavy (non-hydrogen) atoms. The van der Waals surface area contributed by atoms with Crippen molar-refractivity contribution in [1.82, 2.24) is 14.5 Å². The van der Waals surface area contributed by atoms with Gasteiger partial charge in [0, 0.05) is 18.1 Å². The van der Waals surface area contributed by atoms with E-state index in [2.05, 4.69) is 9.88 Å². The molecule has 1 fully saturated rings. The highest BCUT2D eigenvalue weighted by atomic mass is 16.5. The van der Waals surface area contributed by atoms with E-state index in [1.165, 1.54) is 32.4 Å². The summed E-state index contributed by atoms with van der Waals surface area (Å²) in [5.74, 6) is 0.833. The van der Waals surface area contributed by atoms with E-state index in [4.69, 9.17) is 4.74 Å². The summed E-state index contributed by atoms with van der Waals surface area (Å²) in [5, 5.41) is 0.956. The van der Waals surface area contributed by atoms with Gasteiger partial charge in [0.25, 0.3) is 0 Å². The van der Waals surface area contributed by atoms with E-state index in [0.717, 1.165) is 40.9 Å². The molecule has 1 aromatic heterocycles. The summed E-state index contributed by atoms with van der Waals surface area (Å²) in [4.78, 5) is 19.1. The molecule has 2 heterocycles. The highest BCUT2D eigenvalue weighted by molar-refractivity contribution is 5.78. The minimum absolute atomic E-state index is 0.272.